The maximum atomic E-state index is 13.5. The Balaban J connectivity index is 1.39. The van der Waals surface area contributed by atoms with Gasteiger partial charge in [-0.05, 0) is 69.9 Å². The minimum Gasteiger partial charge on any atom is -0.493 e. The molecule has 0 saturated heterocycles. The van der Waals surface area contributed by atoms with Crippen molar-refractivity contribution in [2.24, 2.45) is 11.8 Å². The van der Waals surface area contributed by atoms with E-state index in [1.165, 1.54) is 19.2 Å². The van der Waals surface area contributed by atoms with Gasteiger partial charge in [0.1, 0.15) is 23.3 Å². The van der Waals surface area contributed by atoms with Crippen LogP contribution >= 0.6 is 0 Å². The van der Waals surface area contributed by atoms with Gasteiger partial charge in [-0.25, -0.2) is 9.97 Å². The number of ether oxygens (including phenoxy) is 1. The Bertz CT molecular complexity index is 1310. The molecule has 2 aromatic heterocycles. The lowest BCUT2D eigenvalue weighted by Gasteiger charge is -2.35. The summed E-state index contributed by atoms with van der Waals surface area (Å²) in [5.41, 5.74) is 5.43. The molecule has 3 atom stereocenters. The summed E-state index contributed by atoms with van der Waals surface area (Å²) in [7, 11) is 0. The molecule has 0 radical (unpaired) electrons. The molecule has 3 N–H and O–H groups in total. The van der Waals surface area contributed by atoms with E-state index in [1.807, 2.05) is 26.0 Å². The van der Waals surface area contributed by atoms with Crippen molar-refractivity contribution in [3.63, 3.8) is 0 Å². The zero-order chi connectivity index (χ0) is 26.1. The van der Waals surface area contributed by atoms with Crippen molar-refractivity contribution in [2.45, 2.75) is 78.3 Å². The quantitative estimate of drug-likeness (QED) is 0.407. The summed E-state index contributed by atoms with van der Waals surface area (Å²) in [5, 5.41) is 6.35. The summed E-state index contributed by atoms with van der Waals surface area (Å²) in [6, 6.07) is 6.35. The molecule has 0 bridgehead atoms. The molecule has 8 nitrogen and oxygen atoms in total. The highest BCUT2D eigenvalue weighted by Gasteiger charge is 2.31. The molecule has 0 spiro atoms. The molecule has 2 fully saturated rings. The lowest BCUT2D eigenvalue weighted by Crippen LogP contribution is -2.48. The lowest BCUT2D eigenvalue weighted by atomic mass is 9.82. The second-order valence-electron chi connectivity index (χ2n) is 10.8. The molecular weight excluding hydrogens is 466 g/mol. The van der Waals surface area contributed by atoms with E-state index in [4.69, 9.17) is 4.74 Å². The van der Waals surface area contributed by atoms with Crippen LogP contribution in [0.3, 0.4) is 0 Å². The SMILES string of the molecule is CCC(=O)N[C@@H]1CC[C@H](NC(=O)c2c(C)[nH]c3c(-c4cc(C)ccc4OCC4CC4)ncnc23)[C@H](C)C1. The molecule has 2 aliphatic rings. The van der Waals surface area contributed by atoms with Crippen LogP contribution in [0.15, 0.2) is 24.5 Å². The van der Waals surface area contributed by atoms with Crippen molar-refractivity contribution in [3.05, 3.63) is 41.3 Å². The Morgan fingerprint density at radius 3 is 2.65 bits per heavy atom. The fourth-order valence-corrected chi connectivity index (χ4v) is 5.36. The summed E-state index contributed by atoms with van der Waals surface area (Å²) in [4.78, 5) is 37.9. The lowest BCUT2D eigenvalue weighted by molar-refractivity contribution is -0.121. The van der Waals surface area contributed by atoms with Gasteiger partial charge in [0, 0.05) is 29.8 Å². The molecule has 1 aromatic carbocycles. The molecular formula is C29H37N5O3. The predicted molar refractivity (Wildman–Crippen MR) is 144 cm³/mol. The Kier molecular flexibility index (Phi) is 7.17. The normalized spacial score (nSPS) is 21.6. The summed E-state index contributed by atoms with van der Waals surface area (Å²) < 4.78 is 6.18. The number of carbonyl (C=O) groups is 2. The van der Waals surface area contributed by atoms with Gasteiger partial charge in [0.15, 0.2) is 0 Å². The van der Waals surface area contributed by atoms with Crippen LogP contribution in [0.2, 0.25) is 0 Å². The van der Waals surface area contributed by atoms with Crippen molar-refractivity contribution >= 4 is 22.8 Å². The Morgan fingerprint density at radius 1 is 1.11 bits per heavy atom. The average molecular weight is 504 g/mol. The number of amides is 2. The third kappa shape index (κ3) is 5.48. The second kappa shape index (κ2) is 10.5. The van der Waals surface area contributed by atoms with Gasteiger partial charge in [0.05, 0.1) is 17.7 Å². The zero-order valence-corrected chi connectivity index (χ0v) is 22.2. The van der Waals surface area contributed by atoms with Gasteiger partial charge in [-0.1, -0.05) is 25.5 Å². The van der Waals surface area contributed by atoms with Crippen LogP contribution in [0.4, 0.5) is 0 Å². The summed E-state index contributed by atoms with van der Waals surface area (Å²) in [6.45, 7) is 8.67. The summed E-state index contributed by atoms with van der Waals surface area (Å²) in [6.07, 6.45) is 7.00. The number of aromatic nitrogens is 3. The monoisotopic (exact) mass is 503 g/mol. The maximum absolute atomic E-state index is 13.5. The number of rotatable bonds is 8. The smallest absolute Gasteiger partial charge is 0.255 e. The van der Waals surface area contributed by atoms with Crippen molar-refractivity contribution in [1.29, 1.82) is 0 Å². The van der Waals surface area contributed by atoms with E-state index in [1.54, 1.807) is 0 Å². The van der Waals surface area contributed by atoms with Crippen LogP contribution in [0, 0.1) is 25.7 Å². The number of carbonyl (C=O) groups excluding carboxylic acids is 2. The first kappa shape index (κ1) is 25.2. The Labute approximate surface area is 218 Å². The molecule has 3 aromatic rings. The first-order chi connectivity index (χ1) is 17.8. The van der Waals surface area contributed by atoms with Crippen LogP contribution in [-0.4, -0.2) is 45.5 Å². The molecule has 8 heteroatoms. The highest BCUT2D eigenvalue weighted by molar-refractivity contribution is 6.09. The number of benzene rings is 1. The standard InChI is InChI=1S/C29H37N5O3/c1-5-24(35)33-20-9-10-22(17(3)13-20)34-29(36)25-18(4)32-28-26(30-15-31-27(25)28)21-12-16(2)6-11-23(21)37-14-19-7-8-19/h6,11-12,15,17,19-20,22,32H,5,7-10,13-14H2,1-4H3,(H,33,35)(H,34,36)/t17-,20-,22+/m1/s1. The van der Waals surface area contributed by atoms with Crippen LogP contribution in [-0.2, 0) is 4.79 Å². The number of aromatic amines is 1. The molecule has 0 unspecified atom stereocenters. The number of nitrogens with one attached hydrogen (secondary N) is 3. The van der Waals surface area contributed by atoms with Gasteiger partial charge >= 0.3 is 0 Å². The number of hydrogen-bond donors (Lipinski definition) is 3. The first-order valence-electron chi connectivity index (χ1n) is 13.5. The first-order valence-corrected chi connectivity index (χ1v) is 13.5. The predicted octanol–water partition coefficient (Wildman–Crippen LogP) is 4.84. The molecule has 5 rings (SSSR count). The second-order valence-corrected chi connectivity index (χ2v) is 10.8. The van der Waals surface area contributed by atoms with E-state index in [-0.39, 0.29) is 29.8 Å². The molecule has 2 saturated carbocycles. The number of hydrogen-bond acceptors (Lipinski definition) is 5. The topological polar surface area (TPSA) is 109 Å². The Hall–Kier alpha value is -3.42. The summed E-state index contributed by atoms with van der Waals surface area (Å²) >= 11 is 0. The van der Waals surface area contributed by atoms with E-state index in [0.717, 1.165) is 53.0 Å². The largest absolute Gasteiger partial charge is 0.493 e. The number of aryl methyl sites for hydroxylation is 2. The minimum absolute atomic E-state index is 0.0483. The fraction of sp³-hybridized carbons (Fsp3) is 0.517. The van der Waals surface area contributed by atoms with Crippen molar-refractivity contribution < 1.29 is 14.3 Å². The van der Waals surface area contributed by atoms with Gasteiger partial charge < -0.3 is 20.4 Å². The third-order valence-corrected chi connectivity index (χ3v) is 7.73. The van der Waals surface area contributed by atoms with E-state index >= 15 is 0 Å². The van der Waals surface area contributed by atoms with Crippen LogP contribution < -0.4 is 15.4 Å². The van der Waals surface area contributed by atoms with Crippen molar-refractivity contribution in [3.8, 4) is 17.0 Å². The number of fused-ring (bicyclic) bond motifs is 1. The van der Waals surface area contributed by atoms with Gasteiger partial charge in [-0.3, -0.25) is 9.59 Å². The third-order valence-electron chi connectivity index (χ3n) is 7.73. The maximum Gasteiger partial charge on any atom is 0.255 e. The molecule has 37 heavy (non-hydrogen) atoms. The van der Waals surface area contributed by atoms with E-state index < -0.39 is 0 Å². The average Bonchev–Trinajstić information content (AvgIpc) is 3.64. The molecule has 0 aliphatic heterocycles. The highest BCUT2D eigenvalue weighted by atomic mass is 16.5. The minimum atomic E-state index is -0.129. The van der Waals surface area contributed by atoms with E-state index in [9.17, 15) is 9.59 Å². The van der Waals surface area contributed by atoms with Crippen molar-refractivity contribution in [1.82, 2.24) is 25.6 Å². The van der Waals surface area contributed by atoms with E-state index in [0.29, 0.717) is 30.0 Å². The molecule has 2 amide bonds. The summed E-state index contributed by atoms with van der Waals surface area (Å²) in [5.74, 6) is 1.66. The van der Waals surface area contributed by atoms with E-state index in [2.05, 4.69) is 45.5 Å². The molecule has 196 valence electrons. The fourth-order valence-electron chi connectivity index (χ4n) is 5.36. The van der Waals surface area contributed by atoms with Crippen LogP contribution in [0.25, 0.3) is 22.3 Å². The van der Waals surface area contributed by atoms with Crippen LogP contribution in [0.1, 0.15) is 74.0 Å². The van der Waals surface area contributed by atoms with Gasteiger partial charge in [0.2, 0.25) is 5.91 Å². The van der Waals surface area contributed by atoms with Gasteiger partial charge in [-0.15, -0.1) is 0 Å². The number of H-pyrrole nitrogens is 1. The van der Waals surface area contributed by atoms with Gasteiger partial charge in [0.25, 0.3) is 5.91 Å². The zero-order valence-electron chi connectivity index (χ0n) is 22.2. The molecule has 2 heterocycles. The Morgan fingerprint density at radius 2 is 1.92 bits per heavy atom. The highest BCUT2D eigenvalue weighted by Crippen LogP contribution is 2.37. The number of nitrogens with zero attached hydrogens (tertiary/aromatic N) is 2. The van der Waals surface area contributed by atoms with Crippen LogP contribution in [0.5, 0.6) is 5.75 Å². The molecule has 2 aliphatic carbocycles. The van der Waals surface area contributed by atoms with Crippen molar-refractivity contribution in [2.75, 3.05) is 6.61 Å². The van der Waals surface area contributed by atoms with Gasteiger partial charge in [-0.2, -0.15) is 0 Å².